The van der Waals surface area contributed by atoms with Crippen molar-refractivity contribution in [2.75, 3.05) is 19.4 Å². The van der Waals surface area contributed by atoms with Crippen molar-refractivity contribution in [3.63, 3.8) is 0 Å². The summed E-state index contributed by atoms with van der Waals surface area (Å²) in [4.78, 5) is 17.4. The second kappa shape index (κ2) is 6.02. The largest absolute Gasteiger partial charge is 0.369 e. The summed E-state index contributed by atoms with van der Waals surface area (Å²) in [7, 11) is 3.54. The number of fused-ring (bicyclic) bond motifs is 1. The third-order valence-corrected chi connectivity index (χ3v) is 2.98. The number of allylic oxidation sites excluding steroid dienone is 1. The Balaban J connectivity index is 2.28. The first kappa shape index (κ1) is 13.8. The van der Waals surface area contributed by atoms with Crippen LogP contribution in [0.15, 0.2) is 40.5 Å². The monoisotopic (exact) mass is 268 g/mol. The van der Waals surface area contributed by atoms with E-state index in [1.54, 1.807) is 19.0 Å². The molecule has 0 atom stereocenters. The van der Waals surface area contributed by atoms with Gasteiger partial charge in [-0.3, -0.25) is 4.79 Å². The van der Waals surface area contributed by atoms with Crippen molar-refractivity contribution in [1.29, 1.82) is 5.26 Å². The van der Waals surface area contributed by atoms with E-state index in [1.165, 1.54) is 11.9 Å². The lowest BCUT2D eigenvalue weighted by Crippen LogP contribution is -2.16. The van der Waals surface area contributed by atoms with E-state index >= 15 is 0 Å². The minimum absolute atomic E-state index is 0.0811. The number of aliphatic imine (C=N–C) groups is 1. The number of carbonyl (C=O) groups excluding carboxylic acids is 1. The molecular weight excluding hydrogens is 252 g/mol. The highest BCUT2D eigenvalue weighted by atomic mass is 16.1. The fourth-order valence-corrected chi connectivity index (χ4v) is 2.01. The van der Waals surface area contributed by atoms with Gasteiger partial charge in [0.2, 0.25) is 0 Å². The van der Waals surface area contributed by atoms with Gasteiger partial charge in [-0.1, -0.05) is 18.2 Å². The average molecular weight is 268 g/mol. The fraction of sp³-hybridized carbons (Fsp3) is 0.267. The number of hydrogen-bond acceptors (Lipinski definition) is 3. The third kappa shape index (κ3) is 3.04. The molecule has 0 unspecified atom stereocenters. The van der Waals surface area contributed by atoms with Gasteiger partial charge < -0.3 is 10.2 Å². The van der Waals surface area contributed by atoms with Crippen LogP contribution in [-0.4, -0.2) is 31.2 Å². The first-order valence-electron chi connectivity index (χ1n) is 6.35. The molecule has 1 aromatic carbocycles. The van der Waals surface area contributed by atoms with Gasteiger partial charge in [-0.15, -0.1) is 0 Å². The quantitative estimate of drug-likeness (QED) is 0.385. The molecule has 1 N–H and O–H groups in total. The number of aryl methyl sites for hydroxylation is 1. The molecule has 2 rings (SSSR count). The second-order valence-electron chi connectivity index (χ2n) is 4.76. The van der Waals surface area contributed by atoms with Crippen LogP contribution >= 0.6 is 0 Å². The van der Waals surface area contributed by atoms with E-state index in [2.05, 4.69) is 10.3 Å². The number of rotatable bonds is 2. The Morgan fingerprint density at radius 3 is 2.85 bits per heavy atom. The van der Waals surface area contributed by atoms with E-state index in [4.69, 9.17) is 0 Å². The molecular formula is C15H16N4O. The number of nitrogens with one attached hydrogen (secondary N) is 1. The van der Waals surface area contributed by atoms with Gasteiger partial charge in [0.05, 0.1) is 6.34 Å². The standard InChI is InChI=1S/C15H16N4O/c1-19(2)10-17-15(20)12(9-16)14-8-7-11-5-3-4-6-13(11)18-14/h3-6,10,18H,7-8H2,1-2H3. The predicted octanol–water partition coefficient (Wildman–Crippen LogP) is 1.94. The highest BCUT2D eigenvalue weighted by Gasteiger charge is 2.19. The van der Waals surface area contributed by atoms with Gasteiger partial charge in [-0.25, -0.2) is 0 Å². The Hall–Kier alpha value is -2.61. The van der Waals surface area contributed by atoms with Crippen molar-refractivity contribution in [3.05, 3.63) is 41.1 Å². The summed E-state index contributed by atoms with van der Waals surface area (Å²) >= 11 is 0. The normalized spacial score (nSPS) is 16.1. The number of benzene rings is 1. The van der Waals surface area contributed by atoms with Crippen LogP contribution in [-0.2, 0) is 11.2 Å². The molecule has 0 bridgehead atoms. The number of amides is 1. The molecule has 1 aromatic rings. The van der Waals surface area contributed by atoms with Crippen LogP contribution in [0.3, 0.4) is 0 Å². The van der Waals surface area contributed by atoms with E-state index in [0.29, 0.717) is 12.1 Å². The Morgan fingerprint density at radius 1 is 1.40 bits per heavy atom. The number of nitrogens with zero attached hydrogens (tertiary/aromatic N) is 3. The van der Waals surface area contributed by atoms with Gasteiger partial charge in [0, 0.05) is 25.5 Å². The molecule has 5 heteroatoms. The molecule has 5 nitrogen and oxygen atoms in total. The number of carbonyl (C=O) groups is 1. The van der Waals surface area contributed by atoms with Crippen LogP contribution in [0.1, 0.15) is 12.0 Å². The zero-order chi connectivity index (χ0) is 14.5. The average Bonchev–Trinajstić information content (AvgIpc) is 2.45. The van der Waals surface area contributed by atoms with E-state index in [9.17, 15) is 10.1 Å². The molecule has 0 saturated heterocycles. The first-order chi connectivity index (χ1) is 9.61. The minimum Gasteiger partial charge on any atom is -0.369 e. The summed E-state index contributed by atoms with van der Waals surface area (Å²) < 4.78 is 0. The lowest BCUT2D eigenvalue weighted by atomic mass is 9.99. The van der Waals surface area contributed by atoms with Crippen LogP contribution in [0.5, 0.6) is 0 Å². The molecule has 0 saturated carbocycles. The number of hydrogen-bond donors (Lipinski definition) is 1. The predicted molar refractivity (Wildman–Crippen MR) is 78.2 cm³/mol. The van der Waals surface area contributed by atoms with Crippen molar-refractivity contribution < 1.29 is 4.79 Å². The van der Waals surface area contributed by atoms with Crippen LogP contribution in [0.4, 0.5) is 5.69 Å². The number of nitriles is 1. The summed E-state index contributed by atoms with van der Waals surface area (Å²) in [6, 6.07) is 9.84. The molecule has 0 aromatic heterocycles. The molecule has 0 fully saturated rings. The molecule has 1 aliphatic rings. The molecule has 20 heavy (non-hydrogen) atoms. The van der Waals surface area contributed by atoms with Gasteiger partial charge in [0.15, 0.2) is 0 Å². The van der Waals surface area contributed by atoms with Gasteiger partial charge in [-0.05, 0) is 24.5 Å². The number of anilines is 1. The van der Waals surface area contributed by atoms with E-state index in [-0.39, 0.29) is 5.57 Å². The van der Waals surface area contributed by atoms with Crippen molar-refractivity contribution in [1.82, 2.24) is 4.90 Å². The summed E-state index contributed by atoms with van der Waals surface area (Å²) in [6.45, 7) is 0. The molecule has 1 aliphatic heterocycles. The van der Waals surface area contributed by atoms with Crippen molar-refractivity contribution in [3.8, 4) is 6.07 Å². The van der Waals surface area contributed by atoms with E-state index in [0.717, 1.165) is 12.1 Å². The molecule has 0 spiro atoms. The Bertz CT molecular complexity index is 623. The lowest BCUT2D eigenvalue weighted by Gasteiger charge is -2.21. The summed E-state index contributed by atoms with van der Waals surface area (Å²) in [5, 5.41) is 12.4. The van der Waals surface area contributed by atoms with Crippen molar-refractivity contribution in [2.24, 2.45) is 4.99 Å². The van der Waals surface area contributed by atoms with E-state index in [1.807, 2.05) is 30.3 Å². The van der Waals surface area contributed by atoms with Gasteiger partial charge >= 0.3 is 0 Å². The third-order valence-electron chi connectivity index (χ3n) is 2.98. The molecule has 102 valence electrons. The van der Waals surface area contributed by atoms with Gasteiger partial charge in [0.25, 0.3) is 5.91 Å². The molecule has 0 radical (unpaired) electrons. The Kier molecular flexibility index (Phi) is 4.16. The summed E-state index contributed by atoms with van der Waals surface area (Å²) in [5.41, 5.74) is 2.87. The zero-order valence-electron chi connectivity index (χ0n) is 11.6. The summed E-state index contributed by atoms with van der Waals surface area (Å²) in [5.74, 6) is -0.511. The van der Waals surface area contributed by atoms with Crippen LogP contribution in [0.25, 0.3) is 0 Å². The van der Waals surface area contributed by atoms with E-state index < -0.39 is 5.91 Å². The number of para-hydroxylation sites is 1. The highest BCUT2D eigenvalue weighted by Crippen LogP contribution is 2.27. The fourth-order valence-electron chi connectivity index (χ4n) is 2.01. The second-order valence-corrected chi connectivity index (χ2v) is 4.76. The molecule has 1 heterocycles. The van der Waals surface area contributed by atoms with Crippen LogP contribution in [0.2, 0.25) is 0 Å². The van der Waals surface area contributed by atoms with Crippen LogP contribution < -0.4 is 5.32 Å². The van der Waals surface area contributed by atoms with Gasteiger partial charge in [0.1, 0.15) is 11.6 Å². The maximum atomic E-state index is 11.9. The topological polar surface area (TPSA) is 68.5 Å². The maximum Gasteiger partial charge on any atom is 0.290 e. The van der Waals surface area contributed by atoms with Crippen molar-refractivity contribution in [2.45, 2.75) is 12.8 Å². The lowest BCUT2D eigenvalue weighted by molar-refractivity contribution is -0.114. The Morgan fingerprint density at radius 2 is 2.15 bits per heavy atom. The minimum atomic E-state index is -0.511. The first-order valence-corrected chi connectivity index (χ1v) is 6.35. The molecule has 1 amide bonds. The van der Waals surface area contributed by atoms with Crippen LogP contribution in [0, 0.1) is 11.3 Å². The SMILES string of the molecule is CN(C)C=NC(=O)C(C#N)=C1CCc2ccccc2N1. The smallest absolute Gasteiger partial charge is 0.290 e. The van der Waals surface area contributed by atoms with Gasteiger partial charge in [-0.2, -0.15) is 10.3 Å². The highest BCUT2D eigenvalue weighted by molar-refractivity contribution is 6.02. The summed E-state index contributed by atoms with van der Waals surface area (Å²) in [6.07, 6.45) is 2.86. The zero-order valence-corrected chi connectivity index (χ0v) is 11.6. The Labute approximate surface area is 118 Å². The molecule has 0 aliphatic carbocycles. The maximum absolute atomic E-state index is 11.9. The van der Waals surface area contributed by atoms with Crippen molar-refractivity contribution >= 4 is 17.9 Å².